The second-order valence-electron chi connectivity index (χ2n) is 4.15. The molecule has 21 heavy (non-hydrogen) atoms. The maximum atomic E-state index is 11.8. The average Bonchev–Trinajstić information content (AvgIpc) is 2.84. The zero-order valence-electron chi connectivity index (χ0n) is 11.4. The molecule has 0 amide bonds. The minimum absolute atomic E-state index is 0.0469. The molecule has 0 aliphatic heterocycles. The monoisotopic (exact) mass is 308 g/mol. The van der Waals surface area contributed by atoms with Crippen LogP contribution in [0, 0.1) is 0 Å². The molecule has 7 heteroatoms. The molecule has 3 N–H and O–H groups in total. The molecule has 1 heterocycles. The summed E-state index contributed by atoms with van der Waals surface area (Å²) >= 11 is 5.83. The molecule has 0 bridgehead atoms. The van der Waals surface area contributed by atoms with Crippen molar-refractivity contribution < 1.29 is 19.1 Å². The van der Waals surface area contributed by atoms with Crippen molar-refractivity contribution >= 4 is 29.2 Å². The van der Waals surface area contributed by atoms with Crippen molar-refractivity contribution in [2.24, 2.45) is 0 Å². The van der Waals surface area contributed by atoms with E-state index in [1.807, 2.05) is 0 Å². The number of esters is 2. The van der Waals surface area contributed by atoms with Crippen LogP contribution in [0.1, 0.15) is 20.8 Å². The third kappa shape index (κ3) is 2.71. The smallest absolute Gasteiger partial charge is 0.355 e. The Morgan fingerprint density at radius 3 is 2.19 bits per heavy atom. The number of carbonyl (C=O) groups is 2. The molecule has 2 aromatic rings. The summed E-state index contributed by atoms with van der Waals surface area (Å²) in [6, 6.07) is 6.78. The van der Waals surface area contributed by atoms with Crippen molar-refractivity contribution in [3.05, 3.63) is 40.5 Å². The fourth-order valence-electron chi connectivity index (χ4n) is 1.93. The van der Waals surface area contributed by atoms with Crippen LogP contribution in [0.15, 0.2) is 24.3 Å². The minimum atomic E-state index is -0.718. The molecule has 0 aliphatic carbocycles. The maximum Gasteiger partial charge on any atom is 0.355 e. The lowest BCUT2D eigenvalue weighted by Gasteiger charge is -2.02. The maximum absolute atomic E-state index is 11.8. The van der Waals surface area contributed by atoms with Gasteiger partial charge in [-0.25, -0.2) is 9.59 Å². The second-order valence-corrected chi connectivity index (χ2v) is 4.59. The van der Waals surface area contributed by atoms with Crippen molar-refractivity contribution in [2.75, 3.05) is 20.0 Å². The fourth-order valence-corrected chi connectivity index (χ4v) is 2.05. The van der Waals surface area contributed by atoms with Gasteiger partial charge in [-0.1, -0.05) is 23.7 Å². The first-order chi connectivity index (χ1) is 9.99. The summed E-state index contributed by atoms with van der Waals surface area (Å²) in [7, 11) is 2.42. The van der Waals surface area contributed by atoms with Gasteiger partial charge in [-0.05, 0) is 12.1 Å². The molecule has 0 spiro atoms. The largest absolute Gasteiger partial charge is 0.465 e. The third-order valence-electron chi connectivity index (χ3n) is 2.95. The summed E-state index contributed by atoms with van der Waals surface area (Å²) in [4.78, 5) is 26.4. The lowest BCUT2D eigenvalue weighted by Crippen LogP contribution is -2.11. The number of aromatic nitrogens is 1. The molecule has 0 saturated carbocycles. The highest BCUT2D eigenvalue weighted by atomic mass is 35.5. The highest BCUT2D eigenvalue weighted by molar-refractivity contribution is 6.30. The third-order valence-corrected chi connectivity index (χ3v) is 3.20. The standard InChI is InChI=1S/C14H13ClN2O4/c1-20-13(18)9-10(16)11(17-12(9)14(19)21-2)7-3-5-8(15)6-4-7/h3-6,17H,16H2,1-2H3. The number of anilines is 1. The second kappa shape index (κ2) is 5.88. The van der Waals surface area contributed by atoms with E-state index < -0.39 is 11.9 Å². The van der Waals surface area contributed by atoms with E-state index in [1.165, 1.54) is 14.2 Å². The Kier molecular flexibility index (Phi) is 4.18. The van der Waals surface area contributed by atoms with Crippen LogP contribution in [-0.4, -0.2) is 31.1 Å². The predicted octanol–water partition coefficient (Wildman–Crippen LogP) is 2.49. The molecule has 1 aromatic carbocycles. The van der Waals surface area contributed by atoms with E-state index in [0.29, 0.717) is 16.3 Å². The Balaban J connectivity index is 2.63. The Morgan fingerprint density at radius 2 is 1.67 bits per heavy atom. The fraction of sp³-hybridized carbons (Fsp3) is 0.143. The number of hydrogen-bond donors (Lipinski definition) is 2. The van der Waals surface area contributed by atoms with Gasteiger partial charge in [-0.3, -0.25) is 0 Å². The van der Waals surface area contributed by atoms with Gasteiger partial charge in [-0.2, -0.15) is 0 Å². The number of halogens is 1. The quantitative estimate of drug-likeness (QED) is 0.849. The molecule has 0 atom stereocenters. The van der Waals surface area contributed by atoms with Crippen LogP contribution in [0.5, 0.6) is 0 Å². The Bertz CT molecular complexity index is 692. The van der Waals surface area contributed by atoms with Crippen LogP contribution in [-0.2, 0) is 9.47 Å². The van der Waals surface area contributed by atoms with E-state index in [9.17, 15) is 9.59 Å². The normalized spacial score (nSPS) is 10.2. The summed E-state index contributed by atoms with van der Waals surface area (Å²) < 4.78 is 9.29. The minimum Gasteiger partial charge on any atom is -0.465 e. The number of benzene rings is 1. The van der Waals surface area contributed by atoms with Gasteiger partial charge in [-0.15, -0.1) is 0 Å². The summed E-state index contributed by atoms with van der Waals surface area (Å²) in [5.74, 6) is -1.42. The van der Waals surface area contributed by atoms with Gasteiger partial charge in [0.2, 0.25) is 0 Å². The molecular weight excluding hydrogens is 296 g/mol. The van der Waals surface area contributed by atoms with Gasteiger partial charge in [0.15, 0.2) is 0 Å². The first kappa shape index (κ1) is 14.9. The number of carbonyl (C=O) groups excluding carboxylic acids is 2. The number of hydrogen-bond acceptors (Lipinski definition) is 5. The SMILES string of the molecule is COC(=O)c1[nH]c(-c2ccc(Cl)cc2)c(N)c1C(=O)OC. The number of nitrogens with two attached hydrogens (primary N) is 1. The Hall–Kier alpha value is -2.47. The number of ether oxygens (including phenoxy) is 2. The van der Waals surface area contributed by atoms with E-state index in [0.717, 1.165) is 0 Å². The van der Waals surface area contributed by atoms with Gasteiger partial charge in [0.05, 0.1) is 25.6 Å². The molecule has 0 radical (unpaired) electrons. The molecule has 6 nitrogen and oxygen atoms in total. The van der Waals surface area contributed by atoms with Gasteiger partial charge in [0, 0.05) is 10.6 Å². The molecule has 0 saturated heterocycles. The van der Waals surface area contributed by atoms with Crippen molar-refractivity contribution in [2.45, 2.75) is 0 Å². The molecule has 2 rings (SSSR count). The highest BCUT2D eigenvalue weighted by Crippen LogP contribution is 2.32. The Morgan fingerprint density at radius 1 is 1.10 bits per heavy atom. The lowest BCUT2D eigenvalue weighted by molar-refractivity contribution is 0.0553. The lowest BCUT2D eigenvalue weighted by atomic mass is 10.1. The summed E-state index contributed by atoms with van der Waals surface area (Å²) in [6.45, 7) is 0. The van der Waals surface area contributed by atoms with Crippen LogP contribution in [0.4, 0.5) is 5.69 Å². The molecule has 0 aliphatic rings. The van der Waals surface area contributed by atoms with E-state index in [1.54, 1.807) is 24.3 Å². The van der Waals surface area contributed by atoms with Crippen LogP contribution in [0.2, 0.25) is 5.02 Å². The number of nitrogen functional groups attached to an aromatic ring is 1. The van der Waals surface area contributed by atoms with Gasteiger partial charge < -0.3 is 20.2 Å². The number of methoxy groups -OCH3 is 2. The first-order valence-electron chi connectivity index (χ1n) is 5.93. The van der Waals surface area contributed by atoms with E-state index in [-0.39, 0.29) is 16.9 Å². The van der Waals surface area contributed by atoms with Crippen molar-refractivity contribution in [1.29, 1.82) is 0 Å². The van der Waals surface area contributed by atoms with Gasteiger partial charge in [0.1, 0.15) is 11.3 Å². The van der Waals surface area contributed by atoms with E-state index >= 15 is 0 Å². The van der Waals surface area contributed by atoms with Gasteiger partial charge in [0.25, 0.3) is 0 Å². The van der Waals surface area contributed by atoms with E-state index in [4.69, 9.17) is 17.3 Å². The Labute approximate surface area is 125 Å². The molecule has 0 fully saturated rings. The van der Waals surface area contributed by atoms with Crippen LogP contribution < -0.4 is 5.73 Å². The van der Waals surface area contributed by atoms with Crippen LogP contribution in [0.25, 0.3) is 11.3 Å². The number of nitrogens with one attached hydrogen (secondary N) is 1. The van der Waals surface area contributed by atoms with Crippen molar-refractivity contribution in [3.63, 3.8) is 0 Å². The molecule has 110 valence electrons. The first-order valence-corrected chi connectivity index (χ1v) is 6.31. The number of H-pyrrole nitrogens is 1. The van der Waals surface area contributed by atoms with Crippen LogP contribution in [0.3, 0.4) is 0 Å². The average molecular weight is 309 g/mol. The molecular formula is C14H13ClN2O4. The van der Waals surface area contributed by atoms with Crippen LogP contribution >= 0.6 is 11.6 Å². The zero-order valence-corrected chi connectivity index (χ0v) is 12.2. The molecule has 0 unspecified atom stereocenters. The van der Waals surface area contributed by atoms with E-state index in [2.05, 4.69) is 14.5 Å². The van der Waals surface area contributed by atoms with Crippen molar-refractivity contribution in [3.8, 4) is 11.3 Å². The number of rotatable bonds is 3. The molecule has 1 aromatic heterocycles. The summed E-state index contributed by atoms with van der Waals surface area (Å²) in [5.41, 5.74) is 7.09. The summed E-state index contributed by atoms with van der Waals surface area (Å²) in [5, 5.41) is 0.560. The summed E-state index contributed by atoms with van der Waals surface area (Å²) in [6.07, 6.45) is 0. The van der Waals surface area contributed by atoms with Gasteiger partial charge >= 0.3 is 11.9 Å². The topological polar surface area (TPSA) is 94.4 Å². The predicted molar refractivity (Wildman–Crippen MR) is 78.3 cm³/mol. The highest BCUT2D eigenvalue weighted by Gasteiger charge is 2.27. The zero-order chi connectivity index (χ0) is 15.6. The van der Waals surface area contributed by atoms with Crippen molar-refractivity contribution in [1.82, 2.24) is 4.98 Å². The number of aromatic amines is 1.